The van der Waals surface area contributed by atoms with Crippen LogP contribution in [0.4, 0.5) is 0 Å². The maximum absolute atomic E-state index is 5.62. The van der Waals surface area contributed by atoms with Crippen molar-refractivity contribution in [3.63, 3.8) is 0 Å². The topological polar surface area (TPSA) is 39.2 Å². The van der Waals surface area contributed by atoms with Crippen LogP contribution in [-0.2, 0) is 18.1 Å². The van der Waals surface area contributed by atoms with E-state index < -0.39 is 0 Å². The summed E-state index contributed by atoms with van der Waals surface area (Å²) in [5.41, 5.74) is 9.51. The predicted octanol–water partition coefficient (Wildman–Crippen LogP) is 3.48. The first-order valence-corrected chi connectivity index (χ1v) is 6.83. The van der Waals surface area contributed by atoms with E-state index >= 15 is 0 Å². The number of hydrogen-bond donors (Lipinski definition) is 1. The smallest absolute Gasteiger partial charge is 0.113 e. The van der Waals surface area contributed by atoms with Gasteiger partial charge in [-0.2, -0.15) is 0 Å². The molecule has 0 amide bonds. The fourth-order valence-electron chi connectivity index (χ4n) is 1.70. The molecular weight excluding hydrogens is 230 g/mol. The molecule has 2 nitrogen and oxygen atoms in total. The standard InChI is InChI=1S/C14H17NOS/c1-11-7-12(8-15)4-5-13(11)9-17-10-14-3-2-6-16-14/h2-7H,8-10,15H2,1H3. The molecule has 0 spiro atoms. The van der Waals surface area contributed by atoms with E-state index in [1.54, 1.807) is 6.26 Å². The second-order valence-corrected chi connectivity index (χ2v) is 5.02. The third-order valence-electron chi connectivity index (χ3n) is 2.72. The fraction of sp³-hybridized carbons (Fsp3) is 0.286. The van der Waals surface area contributed by atoms with Gasteiger partial charge in [0.15, 0.2) is 0 Å². The Morgan fingerprint density at radius 1 is 1.24 bits per heavy atom. The van der Waals surface area contributed by atoms with Crippen molar-refractivity contribution in [2.24, 2.45) is 5.73 Å². The van der Waals surface area contributed by atoms with Crippen LogP contribution in [0.25, 0.3) is 0 Å². The lowest BCUT2D eigenvalue weighted by atomic mass is 10.1. The lowest BCUT2D eigenvalue weighted by molar-refractivity contribution is 0.530. The van der Waals surface area contributed by atoms with Gasteiger partial charge in [-0.15, -0.1) is 11.8 Å². The van der Waals surface area contributed by atoms with E-state index in [0.29, 0.717) is 6.54 Å². The molecule has 0 aliphatic heterocycles. The van der Waals surface area contributed by atoms with Crippen LogP contribution in [0.15, 0.2) is 41.0 Å². The molecule has 0 saturated carbocycles. The quantitative estimate of drug-likeness (QED) is 0.879. The minimum atomic E-state index is 0.612. The van der Waals surface area contributed by atoms with E-state index in [1.807, 2.05) is 23.9 Å². The van der Waals surface area contributed by atoms with Gasteiger partial charge in [0.1, 0.15) is 5.76 Å². The summed E-state index contributed by atoms with van der Waals surface area (Å²) in [4.78, 5) is 0. The van der Waals surface area contributed by atoms with Crippen molar-refractivity contribution in [3.05, 3.63) is 59.0 Å². The predicted molar refractivity (Wildman–Crippen MR) is 72.8 cm³/mol. The van der Waals surface area contributed by atoms with Gasteiger partial charge in [0.05, 0.1) is 12.0 Å². The van der Waals surface area contributed by atoms with Crippen molar-refractivity contribution in [2.75, 3.05) is 0 Å². The Morgan fingerprint density at radius 2 is 2.12 bits per heavy atom. The van der Waals surface area contributed by atoms with Gasteiger partial charge in [0.25, 0.3) is 0 Å². The van der Waals surface area contributed by atoms with Gasteiger partial charge in [-0.3, -0.25) is 0 Å². The largest absolute Gasteiger partial charge is 0.468 e. The normalized spacial score (nSPS) is 10.7. The maximum atomic E-state index is 5.62. The molecule has 0 fully saturated rings. The van der Waals surface area contributed by atoms with Crippen LogP contribution < -0.4 is 5.73 Å². The van der Waals surface area contributed by atoms with Crippen LogP contribution in [-0.4, -0.2) is 0 Å². The second kappa shape index (κ2) is 5.94. The minimum absolute atomic E-state index is 0.612. The van der Waals surface area contributed by atoms with Gasteiger partial charge in [-0.1, -0.05) is 18.2 Å². The Labute approximate surface area is 106 Å². The van der Waals surface area contributed by atoms with Crippen LogP contribution in [0.2, 0.25) is 0 Å². The first-order chi connectivity index (χ1) is 8.29. The number of rotatable bonds is 5. The summed E-state index contributed by atoms with van der Waals surface area (Å²) in [7, 11) is 0. The molecule has 1 heterocycles. The highest BCUT2D eigenvalue weighted by Gasteiger charge is 2.01. The van der Waals surface area contributed by atoms with Crippen LogP contribution in [0.3, 0.4) is 0 Å². The van der Waals surface area contributed by atoms with E-state index in [-0.39, 0.29) is 0 Å². The molecule has 0 unspecified atom stereocenters. The zero-order valence-electron chi connectivity index (χ0n) is 9.98. The molecule has 0 aliphatic rings. The number of aryl methyl sites for hydroxylation is 1. The van der Waals surface area contributed by atoms with Crippen LogP contribution in [0.5, 0.6) is 0 Å². The van der Waals surface area contributed by atoms with Gasteiger partial charge in [0.2, 0.25) is 0 Å². The van der Waals surface area contributed by atoms with E-state index in [2.05, 4.69) is 25.1 Å². The molecule has 0 bridgehead atoms. The Hall–Kier alpha value is -1.19. The van der Waals surface area contributed by atoms with Crippen LogP contribution in [0, 0.1) is 6.92 Å². The average molecular weight is 247 g/mol. The van der Waals surface area contributed by atoms with Gasteiger partial charge >= 0.3 is 0 Å². The molecule has 0 saturated heterocycles. The number of nitrogens with two attached hydrogens (primary N) is 1. The maximum Gasteiger partial charge on any atom is 0.113 e. The van der Waals surface area contributed by atoms with Crippen LogP contribution >= 0.6 is 11.8 Å². The molecule has 2 aromatic rings. The SMILES string of the molecule is Cc1cc(CN)ccc1CSCc1ccco1. The Bertz CT molecular complexity index is 465. The molecule has 0 radical (unpaired) electrons. The first-order valence-electron chi connectivity index (χ1n) is 5.68. The van der Waals surface area contributed by atoms with E-state index in [1.165, 1.54) is 16.7 Å². The lowest BCUT2D eigenvalue weighted by Gasteiger charge is -2.07. The molecule has 1 aromatic carbocycles. The molecule has 17 heavy (non-hydrogen) atoms. The van der Waals surface area contributed by atoms with Crippen molar-refractivity contribution in [1.82, 2.24) is 0 Å². The molecule has 90 valence electrons. The summed E-state index contributed by atoms with van der Waals surface area (Å²) < 4.78 is 5.30. The van der Waals surface area contributed by atoms with Crippen molar-refractivity contribution in [3.8, 4) is 0 Å². The number of thioether (sulfide) groups is 1. The second-order valence-electron chi connectivity index (χ2n) is 4.04. The van der Waals surface area contributed by atoms with Gasteiger partial charge in [0, 0.05) is 12.3 Å². The minimum Gasteiger partial charge on any atom is -0.468 e. The Balaban J connectivity index is 1.90. The number of benzene rings is 1. The highest BCUT2D eigenvalue weighted by molar-refractivity contribution is 7.97. The first kappa shape index (κ1) is 12.3. The molecule has 2 N–H and O–H groups in total. The highest BCUT2D eigenvalue weighted by atomic mass is 32.2. The van der Waals surface area contributed by atoms with Crippen molar-refractivity contribution in [1.29, 1.82) is 0 Å². The Kier molecular flexibility index (Phi) is 4.29. The average Bonchev–Trinajstić information content (AvgIpc) is 2.84. The summed E-state index contributed by atoms with van der Waals surface area (Å²) in [6, 6.07) is 10.4. The van der Waals surface area contributed by atoms with Gasteiger partial charge in [-0.25, -0.2) is 0 Å². The highest BCUT2D eigenvalue weighted by Crippen LogP contribution is 2.21. The van der Waals surface area contributed by atoms with E-state index in [4.69, 9.17) is 10.2 Å². The summed E-state index contributed by atoms with van der Waals surface area (Å²) in [6.45, 7) is 2.75. The van der Waals surface area contributed by atoms with Gasteiger partial charge in [-0.05, 0) is 35.7 Å². The van der Waals surface area contributed by atoms with E-state index in [9.17, 15) is 0 Å². The van der Waals surface area contributed by atoms with Gasteiger partial charge < -0.3 is 10.2 Å². The fourth-order valence-corrected chi connectivity index (χ4v) is 2.71. The molecular formula is C14H17NOS. The molecule has 1 aromatic heterocycles. The molecule has 3 heteroatoms. The third-order valence-corrected chi connectivity index (χ3v) is 3.73. The third kappa shape index (κ3) is 3.38. The zero-order chi connectivity index (χ0) is 12.1. The summed E-state index contributed by atoms with van der Waals surface area (Å²) in [5.74, 6) is 2.97. The van der Waals surface area contributed by atoms with E-state index in [0.717, 1.165) is 17.3 Å². The summed E-state index contributed by atoms with van der Waals surface area (Å²) in [6.07, 6.45) is 1.72. The summed E-state index contributed by atoms with van der Waals surface area (Å²) in [5, 5.41) is 0. The lowest BCUT2D eigenvalue weighted by Crippen LogP contribution is -1.97. The molecule has 0 atom stereocenters. The van der Waals surface area contributed by atoms with Crippen LogP contribution in [0.1, 0.15) is 22.5 Å². The number of hydrogen-bond acceptors (Lipinski definition) is 3. The van der Waals surface area contributed by atoms with Crippen molar-refractivity contribution >= 4 is 11.8 Å². The van der Waals surface area contributed by atoms with Crippen molar-refractivity contribution in [2.45, 2.75) is 25.0 Å². The number of furan rings is 1. The van der Waals surface area contributed by atoms with Crippen molar-refractivity contribution < 1.29 is 4.42 Å². The molecule has 2 rings (SSSR count). The zero-order valence-corrected chi connectivity index (χ0v) is 10.8. The monoisotopic (exact) mass is 247 g/mol. The Morgan fingerprint density at radius 3 is 2.76 bits per heavy atom. The molecule has 0 aliphatic carbocycles. The summed E-state index contributed by atoms with van der Waals surface area (Å²) >= 11 is 1.87.